The van der Waals surface area contributed by atoms with E-state index >= 15 is 0 Å². The number of benzene rings is 1. The third-order valence-electron chi connectivity index (χ3n) is 3.44. The fourth-order valence-electron chi connectivity index (χ4n) is 2.30. The van der Waals surface area contributed by atoms with E-state index in [1.807, 2.05) is 0 Å². The second-order valence-corrected chi connectivity index (χ2v) is 5.13. The maximum atomic E-state index is 12.0. The van der Waals surface area contributed by atoms with E-state index < -0.39 is 0 Å². The molecule has 2 atom stereocenters. The summed E-state index contributed by atoms with van der Waals surface area (Å²) in [5.41, 5.74) is 6.70. The number of nitrogen functional groups attached to an aromatic ring is 1. The molecule has 2 rings (SSSR count). The molecule has 0 aromatic heterocycles. The highest BCUT2D eigenvalue weighted by Gasteiger charge is 2.25. The molecule has 1 aliphatic rings. The molecule has 0 heterocycles. The minimum absolute atomic E-state index is 0.0629. The van der Waals surface area contributed by atoms with Gasteiger partial charge >= 0.3 is 0 Å². The van der Waals surface area contributed by atoms with Crippen molar-refractivity contribution >= 4 is 23.2 Å². The summed E-state index contributed by atoms with van der Waals surface area (Å²) in [4.78, 5) is 12.0. The highest BCUT2D eigenvalue weighted by molar-refractivity contribution is 6.33. The summed E-state index contributed by atoms with van der Waals surface area (Å²) >= 11 is 5.82. The molecule has 1 saturated carbocycles. The van der Waals surface area contributed by atoms with Crippen molar-refractivity contribution in [3.8, 4) is 0 Å². The van der Waals surface area contributed by atoms with E-state index in [0.29, 0.717) is 28.2 Å². The summed E-state index contributed by atoms with van der Waals surface area (Å²) in [6, 6.07) is 5.27. The molecule has 1 fully saturated rings. The Morgan fingerprint density at radius 3 is 2.82 bits per heavy atom. The highest BCUT2D eigenvalue weighted by atomic mass is 35.5. The van der Waals surface area contributed by atoms with Gasteiger partial charge in [0.25, 0.3) is 5.91 Å². The SMILES string of the molecule is CC1CCCC1NC(=O)c1ccc(Cl)c(N)c1. The number of amides is 1. The van der Waals surface area contributed by atoms with Gasteiger partial charge in [0, 0.05) is 11.6 Å². The lowest BCUT2D eigenvalue weighted by Gasteiger charge is -2.17. The molecule has 1 aromatic rings. The third-order valence-corrected chi connectivity index (χ3v) is 3.78. The Morgan fingerprint density at radius 1 is 1.47 bits per heavy atom. The van der Waals surface area contributed by atoms with Gasteiger partial charge in [-0.25, -0.2) is 0 Å². The van der Waals surface area contributed by atoms with Crippen molar-refractivity contribution in [3.05, 3.63) is 28.8 Å². The second kappa shape index (κ2) is 4.96. The maximum Gasteiger partial charge on any atom is 0.251 e. The molecule has 0 radical (unpaired) electrons. The molecule has 1 amide bonds. The lowest BCUT2D eigenvalue weighted by molar-refractivity contribution is 0.0929. The Bertz CT molecular complexity index is 433. The topological polar surface area (TPSA) is 55.1 Å². The Labute approximate surface area is 106 Å². The Morgan fingerprint density at radius 2 is 2.24 bits per heavy atom. The number of hydrogen-bond acceptors (Lipinski definition) is 2. The maximum absolute atomic E-state index is 12.0. The van der Waals surface area contributed by atoms with E-state index in [1.165, 1.54) is 12.8 Å². The highest BCUT2D eigenvalue weighted by Crippen LogP contribution is 2.25. The second-order valence-electron chi connectivity index (χ2n) is 4.72. The van der Waals surface area contributed by atoms with Crippen LogP contribution in [0.4, 0.5) is 5.69 Å². The summed E-state index contributed by atoms with van der Waals surface area (Å²) in [7, 11) is 0. The van der Waals surface area contributed by atoms with Crippen molar-refractivity contribution in [2.24, 2.45) is 5.92 Å². The van der Waals surface area contributed by atoms with Gasteiger partial charge in [-0.3, -0.25) is 4.79 Å². The van der Waals surface area contributed by atoms with Crippen molar-refractivity contribution in [2.75, 3.05) is 5.73 Å². The molecular formula is C13H17ClN2O. The molecule has 1 aliphatic carbocycles. The van der Waals surface area contributed by atoms with Crippen molar-refractivity contribution in [3.63, 3.8) is 0 Å². The minimum Gasteiger partial charge on any atom is -0.398 e. The molecule has 0 bridgehead atoms. The molecule has 1 aromatic carbocycles. The van der Waals surface area contributed by atoms with Crippen LogP contribution in [0.1, 0.15) is 36.5 Å². The van der Waals surface area contributed by atoms with Crippen LogP contribution in [-0.4, -0.2) is 11.9 Å². The van der Waals surface area contributed by atoms with E-state index in [1.54, 1.807) is 18.2 Å². The lowest BCUT2D eigenvalue weighted by atomic mass is 10.1. The van der Waals surface area contributed by atoms with Crippen LogP contribution in [0.3, 0.4) is 0 Å². The molecule has 0 aliphatic heterocycles. The van der Waals surface area contributed by atoms with Gasteiger partial charge in [-0.2, -0.15) is 0 Å². The summed E-state index contributed by atoms with van der Waals surface area (Å²) in [6.45, 7) is 2.17. The molecule has 3 N–H and O–H groups in total. The largest absolute Gasteiger partial charge is 0.398 e. The first-order chi connectivity index (χ1) is 8.08. The van der Waals surface area contributed by atoms with Gasteiger partial charge in [0.2, 0.25) is 0 Å². The van der Waals surface area contributed by atoms with Gasteiger partial charge in [0.15, 0.2) is 0 Å². The predicted octanol–water partition coefficient (Wildman–Crippen LogP) is 2.84. The quantitative estimate of drug-likeness (QED) is 0.796. The van der Waals surface area contributed by atoms with Crippen LogP contribution in [0, 0.1) is 5.92 Å². The number of carbonyl (C=O) groups is 1. The summed E-state index contributed by atoms with van der Waals surface area (Å²) in [5.74, 6) is 0.496. The van der Waals surface area contributed by atoms with Crippen LogP contribution in [0.15, 0.2) is 18.2 Å². The minimum atomic E-state index is -0.0629. The lowest BCUT2D eigenvalue weighted by Crippen LogP contribution is -2.36. The Balaban J connectivity index is 2.06. The average Bonchev–Trinajstić information content (AvgIpc) is 2.68. The fraction of sp³-hybridized carbons (Fsp3) is 0.462. The van der Waals surface area contributed by atoms with E-state index in [-0.39, 0.29) is 5.91 Å². The predicted molar refractivity (Wildman–Crippen MR) is 70.1 cm³/mol. The Kier molecular flexibility index (Phi) is 3.57. The zero-order valence-electron chi connectivity index (χ0n) is 9.87. The van der Waals surface area contributed by atoms with Gasteiger partial charge in [-0.05, 0) is 37.0 Å². The van der Waals surface area contributed by atoms with Crippen molar-refractivity contribution < 1.29 is 4.79 Å². The molecule has 4 heteroatoms. The van der Waals surface area contributed by atoms with Crippen molar-refractivity contribution in [1.29, 1.82) is 0 Å². The molecule has 0 spiro atoms. The van der Waals surface area contributed by atoms with Crippen LogP contribution in [0.2, 0.25) is 5.02 Å². The van der Waals surface area contributed by atoms with E-state index in [9.17, 15) is 4.79 Å². The third kappa shape index (κ3) is 2.72. The monoisotopic (exact) mass is 252 g/mol. The van der Waals surface area contributed by atoms with Crippen LogP contribution in [-0.2, 0) is 0 Å². The standard InChI is InChI=1S/C13H17ClN2O/c1-8-3-2-4-12(8)16-13(17)9-5-6-10(14)11(15)7-9/h5-8,12H,2-4,15H2,1H3,(H,16,17). The number of anilines is 1. The first-order valence-electron chi connectivity index (χ1n) is 5.94. The van der Waals surface area contributed by atoms with E-state index in [0.717, 1.165) is 6.42 Å². The zero-order chi connectivity index (χ0) is 12.4. The summed E-state index contributed by atoms with van der Waals surface area (Å²) in [6.07, 6.45) is 3.44. The van der Waals surface area contributed by atoms with Gasteiger partial charge in [0.1, 0.15) is 0 Å². The summed E-state index contributed by atoms with van der Waals surface area (Å²) in [5, 5.41) is 3.54. The molecule has 3 nitrogen and oxygen atoms in total. The van der Waals surface area contributed by atoms with Crippen LogP contribution < -0.4 is 11.1 Å². The van der Waals surface area contributed by atoms with Crippen molar-refractivity contribution in [1.82, 2.24) is 5.32 Å². The molecular weight excluding hydrogens is 236 g/mol. The van der Waals surface area contributed by atoms with E-state index in [4.69, 9.17) is 17.3 Å². The van der Waals surface area contributed by atoms with Crippen LogP contribution in [0.5, 0.6) is 0 Å². The van der Waals surface area contributed by atoms with Crippen LogP contribution in [0.25, 0.3) is 0 Å². The van der Waals surface area contributed by atoms with Gasteiger partial charge in [-0.15, -0.1) is 0 Å². The molecule has 0 saturated heterocycles. The Hall–Kier alpha value is -1.22. The number of nitrogens with two attached hydrogens (primary N) is 1. The number of nitrogens with one attached hydrogen (secondary N) is 1. The van der Waals surface area contributed by atoms with E-state index in [2.05, 4.69) is 12.2 Å². The normalized spacial score (nSPS) is 23.6. The average molecular weight is 253 g/mol. The number of rotatable bonds is 2. The van der Waals surface area contributed by atoms with Gasteiger partial charge < -0.3 is 11.1 Å². The number of hydrogen-bond donors (Lipinski definition) is 2. The fourth-order valence-corrected chi connectivity index (χ4v) is 2.41. The first kappa shape index (κ1) is 12.2. The van der Waals surface area contributed by atoms with Crippen molar-refractivity contribution in [2.45, 2.75) is 32.2 Å². The molecule has 17 heavy (non-hydrogen) atoms. The van der Waals surface area contributed by atoms with Crippen LogP contribution >= 0.6 is 11.6 Å². The first-order valence-corrected chi connectivity index (χ1v) is 6.31. The smallest absolute Gasteiger partial charge is 0.251 e. The summed E-state index contributed by atoms with van der Waals surface area (Å²) < 4.78 is 0. The molecule has 2 unspecified atom stereocenters. The number of halogens is 1. The molecule has 92 valence electrons. The van der Waals surface area contributed by atoms with Gasteiger partial charge in [0.05, 0.1) is 10.7 Å². The zero-order valence-corrected chi connectivity index (χ0v) is 10.6. The number of carbonyl (C=O) groups excluding carboxylic acids is 1. The van der Waals surface area contributed by atoms with Gasteiger partial charge in [-0.1, -0.05) is 24.9 Å².